The molecule has 2 saturated carbocycles. The highest BCUT2D eigenvalue weighted by atomic mass is 16.5. The van der Waals surface area contributed by atoms with Crippen molar-refractivity contribution in [2.24, 2.45) is 17.8 Å². The number of ether oxygens (including phenoxy) is 1. The lowest BCUT2D eigenvalue weighted by molar-refractivity contribution is -0.141. The number of methoxy groups -OCH3 is 1. The number of hydrogen-bond donors (Lipinski definition) is 2. The minimum absolute atomic E-state index is 0.172. The van der Waals surface area contributed by atoms with Crippen molar-refractivity contribution in [3.05, 3.63) is 11.4 Å². The summed E-state index contributed by atoms with van der Waals surface area (Å²) < 4.78 is 5.27. The van der Waals surface area contributed by atoms with E-state index in [0.717, 1.165) is 30.6 Å². The number of aromatic nitrogens is 2. The molecule has 6 heteroatoms. The highest BCUT2D eigenvalue weighted by molar-refractivity contribution is 5.70. The van der Waals surface area contributed by atoms with Gasteiger partial charge in [-0.2, -0.15) is 4.98 Å². The molecule has 3 rings (SSSR count). The van der Waals surface area contributed by atoms with E-state index in [4.69, 9.17) is 9.84 Å². The van der Waals surface area contributed by atoms with Crippen molar-refractivity contribution in [3.8, 4) is 5.88 Å². The molecule has 114 valence electrons. The second kappa shape index (κ2) is 5.16. The van der Waals surface area contributed by atoms with Gasteiger partial charge in [-0.15, -0.1) is 0 Å². The van der Waals surface area contributed by atoms with Crippen molar-refractivity contribution in [1.82, 2.24) is 9.97 Å². The smallest absolute Gasteiger partial charge is 0.306 e. The van der Waals surface area contributed by atoms with Crippen LogP contribution in [0.15, 0.2) is 0 Å². The normalized spacial score (nSPS) is 30.4. The van der Waals surface area contributed by atoms with Crippen LogP contribution in [0.2, 0.25) is 0 Å². The largest absolute Gasteiger partial charge is 0.481 e. The summed E-state index contributed by atoms with van der Waals surface area (Å²) in [6.45, 7) is 3.78. The highest BCUT2D eigenvalue weighted by Gasteiger charge is 2.49. The van der Waals surface area contributed by atoms with Gasteiger partial charge in [0, 0.05) is 6.04 Å². The average molecular weight is 291 g/mol. The summed E-state index contributed by atoms with van der Waals surface area (Å²) in [5.74, 6) is 2.25. The lowest BCUT2D eigenvalue weighted by Gasteiger charge is -2.41. The Morgan fingerprint density at radius 2 is 2.05 bits per heavy atom. The fourth-order valence-electron chi connectivity index (χ4n) is 3.71. The predicted molar refractivity (Wildman–Crippen MR) is 77.4 cm³/mol. The molecule has 0 aliphatic heterocycles. The van der Waals surface area contributed by atoms with Gasteiger partial charge in [0.15, 0.2) is 0 Å². The molecule has 6 nitrogen and oxygen atoms in total. The molecule has 0 saturated heterocycles. The van der Waals surface area contributed by atoms with Crippen molar-refractivity contribution >= 4 is 11.8 Å². The van der Waals surface area contributed by atoms with E-state index in [2.05, 4.69) is 15.3 Å². The third kappa shape index (κ3) is 2.43. The molecule has 1 heterocycles. The zero-order valence-corrected chi connectivity index (χ0v) is 12.6. The first-order valence-corrected chi connectivity index (χ1v) is 7.38. The van der Waals surface area contributed by atoms with Gasteiger partial charge in [-0.25, -0.2) is 4.98 Å². The van der Waals surface area contributed by atoms with Gasteiger partial charge in [-0.05, 0) is 44.9 Å². The molecule has 0 spiro atoms. The number of aryl methyl sites for hydroxylation is 1. The molecule has 2 fully saturated rings. The summed E-state index contributed by atoms with van der Waals surface area (Å²) in [6.07, 6.45) is 2.63. The topological polar surface area (TPSA) is 84.3 Å². The second-order valence-corrected chi connectivity index (χ2v) is 6.17. The minimum atomic E-state index is -0.654. The number of hydrogen-bond acceptors (Lipinski definition) is 5. The van der Waals surface area contributed by atoms with E-state index in [0.29, 0.717) is 29.6 Å². The van der Waals surface area contributed by atoms with Crippen LogP contribution in [0.3, 0.4) is 0 Å². The van der Waals surface area contributed by atoms with Crippen LogP contribution in [0.25, 0.3) is 0 Å². The van der Waals surface area contributed by atoms with E-state index in [9.17, 15) is 4.79 Å². The molecule has 2 aliphatic rings. The lowest BCUT2D eigenvalue weighted by atomic mass is 9.71. The van der Waals surface area contributed by atoms with Crippen LogP contribution in [-0.4, -0.2) is 34.2 Å². The van der Waals surface area contributed by atoms with E-state index >= 15 is 0 Å². The number of anilines is 1. The summed E-state index contributed by atoms with van der Waals surface area (Å²) in [5, 5.41) is 12.6. The van der Waals surface area contributed by atoms with Gasteiger partial charge in [-0.3, -0.25) is 4.79 Å². The number of rotatable bonds is 4. The first-order chi connectivity index (χ1) is 9.99. The standard InChI is InChI=1S/C15H21N3O3/c1-7-13(16-8(2)17-14(7)21-3)18-12-6-9-4-10(15(19)20)5-11(9)12/h9-12H,4-6H2,1-3H3,(H,19,20)(H,16,17,18)/t9-,10?,11-,12+/m0/s1. The van der Waals surface area contributed by atoms with Gasteiger partial charge in [0.25, 0.3) is 0 Å². The SMILES string of the molecule is COc1nc(C)nc(N[C@@H]2C[C@@H]3CC(C(=O)O)C[C@@H]32)c1C. The summed E-state index contributed by atoms with van der Waals surface area (Å²) in [5.41, 5.74) is 0.902. The van der Waals surface area contributed by atoms with Crippen LogP contribution in [0, 0.1) is 31.6 Å². The first-order valence-electron chi connectivity index (χ1n) is 7.38. The van der Waals surface area contributed by atoms with E-state index in [1.54, 1.807) is 7.11 Å². The Labute approximate surface area is 123 Å². The predicted octanol–water partition coefficient (Wildman–Crippen LogP) is 2.01. The van der Waals surface area contributed by atoms with Crippen molar-refractivity contribution in [3.63, 3.8) is 0 Å². The molecule has 1 unspecified atom stereocenters. The van der Waals surface area contributed by atoms with Crippen LogP contribution < -0.4 is 10.1 Å². The van der Waals surface area contributed by atoms with E-state index < -0.39 is 5.97 Å². The fourth-order valence-corrected chi connectivity index (χ4v) is 3.71. The van der Waals surface area contributed by atoms with Crippen molar-refractivity contribution in [2.45, 2.75) is 39.2 Å². The number of carboxylic acid groups (broad SMARTS) is 1. The molecule has 1 aromatic rings. The Balaban J connectivity index is 1.72. The van der Waals surface area contributed by atoms with Crippen LogP contribution in [0.1, 0.15) is 30.7 Å². The minimum Gasteiger partial charge on any atom is -0.481 e. The van der Waals surface area contributed by atoms with Gasteiger partial charge in [0.2, 0.25) is 5.88 Å². The second-order valence-electron chi connectivity index (χ2n) is 6.17. The number of nitrogens with one attached hydrogen (secondary N) is 1. The molecule has 0 radical (unpaired) electrons. The van der Waals surface area contributed by atoms with Crippen LogP contribution in [-0.2, 0) is 4.79 Å². The van der Waals surface area contributed by atoms with Crippen LogP contribution in [0.5, 0.6) is 5.88 Å². The molecule has 4 atom stereocenters. The monoisotopic (exact) mass is 291 g/mol. The number of aliphatic carboxylic acids is 1. The summed E-state index contributed by atoms with van der Waals surface area (Å²) in [7, 11) is 1.60. The molecule has 1 aromatic heterocycles. The molecular formula is C15H21N3O3. The molecule has 0 amide bonds. The third-order valence-corrected chi connectivity index (χ3v) is 4.90. The van der Waals surface area contributed by atoms with Crippen molar-refractivity contribution < 1.29 is 14.6 Å². The zero-order valence-electron chi connectivity index (χ0n) is 12.6. The van der Waals surface area contributed by atoms with Gasteiger partial charge in [-0.1, -0.05) is 0 Å². The average Bonchev–Trinajstić information content (AvgIpc) is 2.77. The first kappa shape index (κ1) is 14.1. The van der Waals surface area contributed by atoms with Gasteiger partial charge in [0.1, 0.15) is 11.6 Å². The summed E-state index contributed by atoms with van der Waals surface area (Å²) in [4.78, 5) is 19.8. The lowest BCUT2D eigenvalue weighted by Crippen LogP contribution is -2.43. The number of carboxylic acids is 1. The van der Waals surface area contributed by atoms with Crippen LogP contribution in [0.4, 0.5) is 5.82 Å². The third-order valence-electron chi connectivity index (χ3n) is 4.90. The zero-order chi connectivity index (χ0) is 15.1. The molecule has 2 aliphatic carbocycles. The molecule has 0 aromatic carbocycles. The molecule has 21 heavy (non-hydrogen) atoms. The highest BCUT2D eigenvalue weighted by Crippen LogP contribution is 2.50. The summed E-state index contributed by atoms with van der Waals surface area (Å²) >= 11 is 0. The summed E-state index contributed by atoms with van der Waals surface area (Å²) in [6, 6.07) is 0.317. The molecular weight excluding hydrogens is 270 g/mol. The Hall–Kier alpha value is -1.85. The molecule has 2 N–H and O–H groups in total. The van der Waals surface area contributed by atoms with Gasteiger partial charge >= 0.3 is 5.97 Å². The van der Waals surface area contributed by atoms with E-state index in [-0.39, 0.29) is 5.92 Å². The Bertz CT molecular complexity index is 576. The maximum atomic E-state index is 11.1. The number of carbonyl (C=O) groups is 1. The van der Waals surface area contributed by atoms with E-state index in [1.807, 2.05) is 13.8 Å². The Kier molecular flexibility index (Phi) is 3.47. The van der Waals surface area contributed by atoms with Crippen LogP contribution >= 0.6 is 0 Å². The van der Waals surface area contributed by atoms with E-state index in [1.165, 1.54) is 0 Å². The fraction of sp³-hybridized carbons (Fsp3) is 0.667. The Morgan fingerprint density at radius 3 is 2.71 bits per heavy atom. The Morgan fingerprint density at radius 1 is 1.29 bits per heavy atom. The quantitative estimate of drug-likeness (QED) is 0.883. The van der Waals surface area contributed by atoms with Crippen molar-refractivity contribution in [2.75, 3.05) is 12.4 Å². The van der Waals surface area contributed by atoms with Crippen molar-refractivity contribution in [1.29, 1.82) is 0 Å². The molecule has 0 bridgehead atoms. The number of nitrogens with zero attached hydrogens (tertiary/aromatic N) is 2. The number of fused-ring (bicyclic) bond motifs is 1. The maximum absolute atomic E-state index is 11.1. The van der Waals surface area contributed by atoms with Gasteiger partial charge in [0.05, 0.1) is 18.6 Å². The van der Waals surface area contributed by atoms with Gasteiger partial charge < -0.3 is 15.2 Å². The maximum Gasteiger partial charge on any atom is 0.306 e.